The van der Waals surface area contributed by atoms with Crippen LogP contribution in [0.15, 0.2) is 53.9 Å². The van der Waals surface area contributed by atoms with Crippen molar-refractivity contribution in [3.05, 3.63) is 76.1 Å². The van der Waals surface area contributed by atoms with E-state index in [0.29, 0.717) is 19.7 Å². The lowest BCUT2D eigenvalue weighted by Gasteiger charge is -2.19. The van der Waals surface area contributed by atoms with Gasteiger partial charge in [-0.1, -0.05) is 36.4 Å². The second-order valence-electron chi connectivity index (χ2n) is 6.57. The number of likely N-dealkylation sites (N-methyl/N-ethyl adjacent to an activating group) is 1. The highest BCUT2D eigenvalue weighted by molar-refractivity contribution is 7.09. The maximum absolute atomic E-state index is 13.9. The molecule has 1 N–H and O–H groups in total. The zero-order valence-electron chi connectivity index (χ0n) is 15.5. The predicted octanol–water partition coefficient (Wildman–Crippen LogP) is 4.10. The minimum atomic E-state index is -0.642. The van der Waals surface area contributed by atoms with Crippen molar-refractivity contribution in [3.8, 4) is 11.3 Å². The molecular formula is C21H22F2N2O2S. The van der Waals surface area contributed by atoms with Gasteiger partial charge in [0, 0.05) is 11.9 Å². The lowest BCUT2D eigenvalue weighted by Crippen LogP contribution is -2.31. The van der Waals surface area contributed by atoms with E-state index in [1.165, 1.54) is 29.5 Å². The molecule has 0 saturated heterocycles. The Morgan fingerprint density at radius 1 is 1.11 bits per heavy atom. The molecule has 28 heavy (non-hydrogen) atoms. The zero-order valence-corrected chi connectivity index (χ0v) is 16.3. The van der Waals surface area contributed by atoms with E-state index in [0.717, 1.165) is 10.6 Å². The smallest absolute Gasteiger partial charge is 0.135 e. The molecular weight excluding hydrogens is 382 g/mol. The molecule has 3 aromatic rings. The molecule has 3 rings (SSSR count). The van der Waals surface area contributed by atoms with Crippen LogP contribution < -0.4 is 0 Å². The number of rotatable bonds is 9. The van der Waals surface area contributed by atoms with E-state index in [2.05, 4.69) is 4.98 Å². The van der Waals surface area contributed by atoms with Crippen LogP contribution in [0.2, 0.25) is 0 Å². The number of hydrogen-bond donors (Lipinski definition) is 1. The van der Waals surface area contributed by atoms with Crippen LogP contribution in [0, 0.1) is 11.6 Å². The molecule has 0 aliphatic rings. The van der Waals surface area contributed by atoms with Gasteiger partial charge in [0.05, 0.1) is 37.1 Å². The topological polar surface area (TPSA) is 45.6 Å². The summed E-state index contributed by atoms with van der Waals surface area (Å²) in [7, 11) is 1.85. The Morgan fingerprint density at radius 3 is 2.54 bits per heavy atom. The van der Waals surface area contributed by atoms with Gasteiger partial charge in [-0.2, -0.15) is 0 Å². The Bertz CT molecular complexity index is 869. The number of halogens is 2. The highest BCUT2D eigenvalue weighted by atomic mass is 32.1. The molecule has 2 aromatic carbocycles. The van der Waals surface area contributed by atoms with Crippen LogP contribution in [0.4, 0.5) is 8.78 Å². The van der Waals surface area contributed by atoms with E-state index in [9.17, 15) is 13.9 Å². The summed E-state index contributed by atoms with van der Waals surface area (Å²) in [5.74, 6) is -1.26. The quantitative estimate of drug-likeness (QED) is 0.583. The van der Waals surface area contributed by atoms with E-state index in [1.54, 1.807) is 5.38 Å². The third-order valence-corrected chi connectivity index (χ3v) is 4.95. The van der Waals surface area contributed by atoms with Crippen molar-refractivity contribution in [2.45, 2.75) is 19.3 Å². The standard InChI is InChI=1S/C21H22F2N2O2S/c1-25(10-16(26)13-27-12-15-6-3-2-4-7-15)11-20-24-19(14-28-20)21-17(22)8-5-9-18(21)23/h2-9,14,16,26H,10-13H2,1H3. The number of hydrogen-bond acceptors (Lipinski definition) is 5. The second kappa shape index (κ2) is 9.84. The van der Waals surface area contributed by atoms with Crippen molar-refractivity contribution < 1.29 is 18.6 Å². The van der Waals surface area contributed by atoms with Crippen molar-refractivity contribution >= 4 is 11.3 Å². The van der Waals surface area contributed by atoms with Crippen LogP contribution in [0.1, 0.15) is 10.6 Å². The fourth-order valence-corrected chi connectivity index (χ4v) is 3.70. The summed E-state index contributed by atoms with van der Waals surface area (Å²) >= 11 is 1.33. The molecule has 0 radical (unpaired) electrons. The molecule has 4 nitrogen and oxygen atoms in total. The van der Waals surface area contributed by atoms with Gasteiger partial charge >= 0.3 is 0 Å². The summed E-state index contributed by atoms with van der Waals surface area (Å²) in [4.78, 5) is 6.23. The van der Waals surface area contributed by atoms with Crippen molar-refractivity contribution in [1.82, 2.24) is 9.88 Å². The largest absolute Gasteiger partial charge is 0.389 e. The molecule has 0 aliphatic heterocycles. The summed E-state index contributed by atoms with van der Waals surface area (Å²) in [6.45, 7) is 1.54. The Hall–Kier alpha value is -2.19. The summed E-state index contributed by atoms with van der Waals surface area (Å²) < 4.78 is 33.3. The molecule has 0 bridgehead atoms. The molecule has 7 heteroatoms. The summed E-state index contributed by atoms with van der Waals surface area (Å²) in [5, 5.41) is 12.5. The van der Waals surface area contributed by atoms with Gasteiger partial charge < -0.3 is 9.84 Å². The summed E-state index contributed by atoms with van der Waals surface area (Å²) in [6.07, 6.45) is -0.642. The summed E-state index contributed by atoms with van der Waals surface area (Å²) in [5.41, 5.74) is 1.23. The Morgan fingerprint density at radius 2 is 1.82 bits per heavy atom. The van der Waals surface area contributed by atoms with E-state index in [-0.39, 0.29) is 17.9 Å². The lowest BCUT2D eigenvalue weighted by atomic mass is 10.1. The predicted molar refractivity (Wildman–Crippen MR) is 106 cm³/mol. The molecule has 1 aromatic heterocycles. The Kier molecular flexibility index (Phi) is 7.22. The molecule has 0 aliphatic carbocycles. The van der Waals surface area contributed by atoms with Crippen LogP contribution in [0.5, 0.6) is 0 Å². The number of ether oxygens (including phenoxy) is 1. The van der Waals surface area contributed by atoms with Crippen LogP contribution in [-0.2, 0) is 17.9 Å². The van der Waals surface area contributed by atoms with Gasteiger partial charge in [0.25, 0.3) is 0 Å². The van der Waals surface area contributed by atoms with Gasteiger partial charge in [0.15, 0.2) is 0 Å². The SMILES string of the molecule is CN(Cc1nc(-c2c(F)cccc2F)cs1)CC(O)COCc1ccccc1. The highest BCUT2D eigenvalue weighted by Crippen LogP contribution is 2.27. The second-order valence-corrected chi connectivity index (χ2v) is 7.52. The van der Waals surface area contributed by atoms with Crippen LogP contribution in [-0.4, -0.2) is 41.3 Å². The maximum atomic E-state index is 13.9. The minimum Gasteiger partial charge on any atom is -0.389 e. The Balaban J connectivity index is 1.48. The van der Waals surface area contributed by atoms with E-state index < -0.39 is 17.7 Å². The van der Waals surface area contributed by atoms with Crippen molar-refractivity contribution in [2.24, 2.45) is 0 Å². The number of thiazole rings is 1. The third kappa shape index (κ3) is 5.65. The minimum absolute atomic E-state index is 0.109. The van der Waals surface area contributed by atoms with E-state index >= 15 is 0 Å². The zero-order chi connectivity index (χ0) is 19.9. The van der Waals surface area contributed by atoms with Crippen LogP contribution in [0.25, 0.3) is 11.3 Å². The first-order chi connectivity index (χ1) is 13.5. The monoisotopic (exact) mass is 404 g/mol. The first-order valence-electron chi connectivity index (χ1n) is 8.90. The lowest BCUT2D eigenvalue weighted by molar-refractivity contribution is 0.0127. The van der Waals surface area contributed by atoms with Crippen molar-refractivity contribution in [1.29, 1.82) is 0 Å². The van der Waals surface area contributed by atoms with Gasteiger partial charge in [-0.3, -0.25) is 4.90 Å². The maximum Gasteiger partial charge on any atom is 0.135 e. The number of aliphatic hydroxyl groups excluding tert-OH is 1. The van der Waals surface area contributed by atoms with E-state index in [1.807, 2.05) is 42.3 Å². The normalized spacial score (nSPS) is 12.5. The first-order valence-corrected chi connectivity index (χ1v) is 9.78. The molecule has 0 spiro atoms. The fourth-order valence-electron chi connectivity index (χ4n) is 2.84. The summed E-state index contributed by atoms with van der Waals surface area (Å²) in [6, 6.07) is 13.5. The van der Waals surface area contributed by atoms with Gasteiger partial charge in [-0.25, -0.2) is 13.8 Å². The van der Waals surface area contributed by atoms with Gasteiger partial charge in [0.1, 0.15) is 16.6 Å². The molecule has 0 fully saturated rings. The molecule has 1 atom stereocenters. The molecule has 1 unspecified atom stereocenters. The number of aromatic nitrogens is 1. The van der Waals surface area contributed by atoms with Crippen molar-refractivity contribution in [2.75, 3.05) is 20.2 Å². The first kappa shape index (κ1) is 20.5. The molecule has 0 saturated carbocycles. The molecule has 0 amide bonds. The highest BCUT2D eigenvalue weighted by Gasteiger charge is 2.16. The third-order valence-electron chi connectivity index (χ3n) is 4.12. The van der Waals surface area contributed by atoms with Crippen LogP contribution in [0.3, 0.4) is 0 Å². The fraction of sp³-hybridized carbons (Fsp3) is 0.286. The Labute approximate surface area is 167 Å². The number of aliphatic hydroxyl groups is 1. The van der Waals surface area contributed by atoms with E-state index in [4.69, 9.17) is 4.74 Å². The van der Waals surface area contributed by atoms with Gasteiger partial charge in [-0.15, -0.1) is 11.3 Å². The average Bonchev–Trinajstić information content (AvgIpc) is 3.10. The van der Waals surface area contributed by atoms with Gasteiger partial charge in [0.2, 0.25) is 0 Å². The number of benzene rings is 2. The number of nitrogens with zero attached hydrogens (tertiary/aromatic N) is 2. The van der Waals surface area contributed by atoms with Gasteiger partial charge in [-0.05, 0) is 24.7 Å². The molecule has 148 valence electrons. The van der Waals surface area contributed by atoms with Crippen LogP contribution >= 0.6 is 11.3 Å². The van der Waals surface area contributed by atoms with Crippen molar-refractivity contribution in [3.63, 3.8) is 0 Å². The molecule has 1 heterocycles. The average molecular weight is 404 g/mol.